The van der Waals surface area contributed by atoms with Crippen molar-refractivity contribution in [2.24, 2.45) is 0 Å². The Morgan fingerprint density at radius 1 is 1.09 bits per heavy atom. The lowest BCUT2D eigenvalue weighted by molar-refractivity contribution is -0.140. The minimum absolute atomic E-state index is 0.0252. The summed E-state index contributed by atoms with van der Waals surface area (Å²) >= 11 is 0. The fourth-order valence-electron chi connectivity index (χ4n) is 4.32. The number of carbonyl (C=O) groups excluding carboxylic acids is 2. The lowest BCUT2D eigenvalue weighted by Gasteiger charge is -2.34. The molecule has 4 rings (SSSR count). The van der Waals surface area contributed by atoms with Crippen LogP contribution in [-0.4, -0.2) is 32.1 Å². The molecule has 6 nitrogen and oxygen atoms in total. The van der Waals surface area contributed by atoms with Crippen molar-refractivity contribution in [2.45, 2.75) is 32.1 Å². The van der Waals surface area contributed by atoms with Gasteiger partial charge in [0, 0.05) is 29.3 Å². The van der Waals surface area contributed by atoms with Gasteiger partial charge in [0.15, 0.2) is 5.78 Å². The summed E-state index contributed by atoms with van der Waals surface area (Å²) in [5.74, 6) is -0.331. The van der Waals surface area contributed by atoms with Gasteiger partial charge in [-0.2, -0.15) is 0 Å². The average molecular weight is 451 g/mol. The molecular weight excluding hydrogens is 425 g/mol. The molecule has 0 radical (unpaired) electrons. The number of ether oxygens (including phenoxy) is 3. The molecule has 0 saturated carbocycles. The fourth-order valence-corrected chi connectivity index (χ4v) is 4.32. The number of benzene rings is 2. The lowest BCUT2D eigenvalue weighted by Crippen LogP contribution is -2.34. The van der Waals surface area contributed by atoms with E-state index in [9.17, 15) is 14.0 Å². The van der Waals surface area contributed by atoms with Crippen molar-refractivity contribution in [3.8, 4) is 11.5 Å². The number of nitrogens with one attached hydrogen (secondary N) is 1. The molecule has 0 amide bonds. The van der Waals surface area contributed by atoms with Gasteiger partial charge >= 0.3 is 5.97 Å². The summed E-state index contributed by atoms with van der Waals surface area (Å²) in [6, 6.07) is 13.1. The summed E-state index contributed by atoms with van der Waals surface area (Å²) < 4.78 is 30.3. The molecule has 0 spiro atoms. The topological polar surface area (TPSA) is 73.9 Å². The summed E-state index contributed by atoms with van der Waals surface area (Å²) in [7, 11) is 1.59. The molecule has 0 bridgehead atoms. The van der Waals surface area contributed by atoms with E-state index in [0.29, 0.717) is 41.0 Å². The van der Waals surface area contributed by atoms with Crippen molar-refractivity contribution < 1.29 is 28.2 Å². The molecular formula is C26H26FNO5. The molecule has 7 heteroatoms. The summed E-state index contributed by atoms with van der Waals surface area (Å²) in [4.78, 5) is 26.0. The molecule has 0 aromatic heterocycles. The van der Waals surface area contributed by atoms with Crippen molar-refractivity contribution in [3.05, 3.63) is 82.5 Å². The molecule has 33 heavy (non-hydrogen) atoms. The van der Waals surface area contributed by atoms with Crippen molar-refractivity contribution in [3.63, 3.8) is 0 Å². The molecule has 1 unspecified atom stereocenters. The van der Waals surface area contributed by atoms with E-state index in [4.69, 9.17) is 14.2 Å². The molecule has 2 aromatic carbocycles. The van der Waals surface area contributed by atoms with E-state index in [1.165, 1.54) is 12.1 Å². The second-order valence-corrected chi connectivity index (χ2v) is 7.98. The van der Waals surface area contributed by atoms with Crippen LogP contribution >= 0.6 is 0 Å². The number of esters is 1. The highest BCUT2D eigenvalue weighted by molar-refractivity contribution is 6.03. The van der Waals surface area contributed by atoms with Gasteiger partial charge < -0.3 is 19.5 Å². The summed E-state index contributed by atoms with van der Waals surface area (Å²) in [6.45, 7) is 1.96. The van der Waals surface area contributed by atoms with Gasteiger partial charge in [0.25, 0.3) is 0 Å². The number of rotatable bonds is 7. The van der Waals surface area contributed by atoms with Gasteiger partial charge in [-0.05, 0) is 61.7 Å². The summed E-state index contributed by atoms with van der Waals surface area (Å²) in [6.07, 6.45) is 1.86. The van der Waals surface area contributed by atoms with E-state index < -0.39 is 17.7 Å². The Balaban J connectivity index is 1.51. The van der Waals surface area contributed by atoms with Crippen LogP contribution in [0.1, 0.15) is 37.7 Å². The van der Waals surface area contributed by atoms with Crippen LogP contribution in [0.25, 0.3) is 0 Å². The number of halogens is 1. The molecule has 2 aliphatic rings. The standard InChI is InChI=1S/C26H26FNO5/c1-16-23(26(30)33-14-13-32-20-11-9-19(31-2)10-12-20)24(17-5-3-6-18(27)15-17)25-21(28-16)7-4-8-22(25)29/h3,5-6,9-12,15,24,28H,4,7-8,13-14H2,1-2H3. The number of dihydropyridines is 1. The van der Waals surface area contributed by atoms with Gasteiger partial charge in [0.05, 0.1) is 12.7 Å². The SMILES string of the molecule is COc1ccc(OCCOC(=O)C2=C(C)NC3=C(C(=O)CCC3)C2c2cccc(F)c2)cc1. The fraction of sp³-hybridized carbons (Fsp3) is 0.308. The van der Waals surface area contributed by atoms with Crippen LogP contribution in [-0.2, 0) is 14.3 Å². The quantitative estimate of drug-likeness (QED) is 0.496. The number of ketones is 1. The number of hydrogen-bond donors (Lipinski definition) is 1. The monoisotopic (exact) mass is 451 g/mol. The number of allylic oxidation sites excluding steroid dienone is 3. The van der Waals surface area contributed by atoms with Crippen LogP contribution in [0.2, 0.25) is 0 Å². The van der Waals surface area contributed by atoms with E-state index >= 15 is 0 Å². The van der Waals surface area contributed by atoms with Crippen LogP contribution in [0.5, 0.6) is 11.5 Å². The second kappa shape index (κ2) is 9.90. The zero-order valence-corrected chi connectivity index (χ0v) is 18.7. The molecule has 0 saturated heterocycles. The minimum Gasteiger partial charge on any atom is -0.497 e. The number of Topliss-reactive ketones (excluding diaryl/α,β-unsaturated/α-hetero) is 1. The van der Waals surface area contributed by atoms with Crippen LogP contribution in [0.3, 0.4) is 0 Å². The Morgan fingerprint density at radius 2 is 1.85 bits per heavy atom. The summed E-state index contributed by atoms with van der Waals surface area (Å²) in [5, 5.41) is 3.22. The molecule has 1 aliphatic carbocycles. The highest BCUT2D eigenvalue weighted by atomic mass is 19.1. The van der Waals surface area contributed by atoms with Crippen molar-refractivity contribution in [1.82, 2.24) is 5.32 Å². The normalized spacial score (nSPS) is 17.9. The molecule has 1 heterocycles. The highest BCUT2D eigenvalue weighted by Gasteiger charge is 2.39. The molecule has 1 atom stereocenters. The minimum atomic E-state index is -0.667. The first kappa shape index (κ1) is 22.6. The van der Waals surface area contributed by atoms with Crippen molar-refractivity contribution in [2.75, 3.05) is 20.3 Å². The Morgan fingerprint density at radius 3 is 2.58 bits per heavy atom. The van der Waals surface area contributed by atoms with E-state index in [0.717, 1.165) is 17.9 Å². The molecule has 0 fully saturated rings. The maximum atomic E-state index is 14.1. The Bertz CT molecular complexity index is 1120. The Kier molecular flexibility index (Phi) is 6.77. The lowest BCUT2D eigenvalue weighted by atomic mass is 9.75. The van der Waals surface area contributed by atoms with E-state index in [1.807, 2.05) is 0 Å². The first-order chi connectivity index (χ1) is 16.0. The van der Waals surface area contributed by atoms with Gasteiger partial charge in [-0.1, -0.05) is 12.1 Å². The van der Waals surface area contributed by atoms with Gasteiger partial charge in [-0.25, -0.2) is 9.18 Å². The maximum absolute atomic E-state index is 14.1. The highest BCUT2D eigenvalue weighted by Crippen LogP contribution is 2.42. The van der Waals surface area contributed by atoms with Crippen molar-refractivity contribution >= 4 is 11.8 Å². The van der Waals surface area contributed by atoms with Gasteiger partial charge in [0.1, 0.15) is 30.5 Å². The number of carbonyl (C=O) groups is 2. The molecule has 1 aliphatic heterocycles. The van der Waals surface area contributed by atoms with E-state index in [-0.39, 0.29) is 19.0 Å². The third-order valence-corrected chi connectivity index (χ3v) is 5.82. The predicted molar refractivity (Wildman–Crippen MR) is 120 cm³/mol. The van der Waals surface area contributed by atoms with Gasteiger partial charge in [-0.3, -0.25) is 4.79 Å². The first-order valence-corrected chi connectivity index (χ1v) is 10.9. The number of methoxy groups -OCH3 is 1. The second-order valence-electron chi connectivity index (χ2n) is 7.98. The van der Waals surface area contributed by atoms with Crippen LogP contribution < -0.4 is 14.8 Å². The zero-order chi connectivity index (χ0) is 23.4. The Hall–Kier alpha value is -3.61. The largest absolute Gasteiger partial charge is 0.497 e. The van der Waals surface area contributed by atoms with Gasteiger partial charge in [0.2, 0.25) is 0 Å². The van der Waals surface area contributed by atoms with E-state index in [2.05, 4.69) is 5.32 Å². The predicted octanol–water partition coefficient (Wildman–Crippen LogP) is 4.42. The average Bonchev–Trinajstić information content (AvgIpc) is 2.81. The Labute approximate surface area is 192 Å². The zero-order valence-electron chi connectivity index (χ0n) is 18.7. The van der Waals surface area contributed by atoms with Crippen LogP contribution in [0, 0.1) is 5.82 Å². The van der Waals surface area contributed by atoms with Crippen molar-refractivity contribution in [1.29, 1.82) is 0 Å². The first-order valence-electron chi connectivity index (χ1n) is 10.9. The smallest absolute Gasteiger partial charge is 0.336 e. The summed E-state index contributed by atoms with van der Waals surface area (Å²) in [5.41, 5.74) is 2.81. The van der Waals surface area contributed by atoms with Gasteiger partial charge in [-0.15, -0.1) is 0 Å². The van der Waals surface area contributed by atoms with E-state index in [1.54, 1.807) is 50.4 Å². The third-order valence-electron chi connectivity index (χ3n) is 5.82. The molecule has 1 N–H and O–H groups in total. The molecule has 2 aromatic rings. The third kappa shape index (κ3) is 4.92. The molecule has 172 valence electrons. The number of hydrogen-bond acceptors (Lipinski definition) is 6. The maximum Gasteiger partial charge on any atom is 0.336 e. The van der Waals surface area contributed by atoms with Crippen LogP contribution in [0.15, 0.2) is 71.1 Å². The van der Waals surface area contributed by atoms with Crippen LogP contribution in [0.4, 0.5) is 4.39 Å².